The van der Waals surface area contributed by atoms with Crippen LogP contribution < -0.4 is 4.90 Å². The van der Waals surface area contributed by atoms with E-state index in [0.29, 0.717) is 6.61 Å². The number of hydrogen-bond acceptors (Lipinski definition) is 4. The van der Waals surface area contributed by atoms with Crippen LogP contribution in [0.2, 0.25) is 0 Å². The predicted octanol–water partition coefficient (Wildman–Crippen LogP) is 2.03. The van der Waals surface area contributed by atoms with E-state index in [2.05, 4.69) is 27.3 Å². The van der Waals surface area contributed by atoms with Gasteiger partial charge in [0.25, 0.3) is 0 Å². The van der Waals surface area contributed by atoms with Gasteiger partial charge in [0, 0.05) is 32.8 Å². The van der Waals surface area contributed by atoms with E-state index in [1.165, 1.54) is 31.1 Å². The van der Waals surface area contributed by atoms with Gasteiger partial charge in [0.2, 0.25) is 0 Å². The zero-order valence-electron chi connectivity index (χ0n) is 10.3. The largest absolute Gasteiger partial charge is 0.396 e. The SMILES string of the molecule is OCCCCCN1CCN(c2cccs2)CC1. The van der Waals surface area contributed by atoms with Crippen molar-refractivity contribution in [1.82, 2.24) is 4.90 Å². The second-order valence-corrected chi connectivity index (χ2v) is 5.49. The first kappa shape index (κ1) is 12.9. The van der Waals surface area contributed by atoms with Crippen LogP contribution in [0.5, 0.6) is 0 Å². The molecule has 1 N–H and O–H groups in total. The maximum Gasteiger partial charge on any atom is 0.0909 e. The molecule has 3 nitrogen and oxygen atoms in total. The van der Waals surface area contributed by atoms with Crippen LogP contribution in [-0.4, -0.2) is 49.3 Å². The standard InChI is InChI=1S/C13H22N2OS/c16-11-3-1-2-6-14-7-9-15(10-8-14)13-5-4-12-17-13/h4-5,12,16H,1-3,6-11H2. The Morgan fingerprint density at radius 1 is 1.12 bits per heavy atom. The molecule has 17 heavy (non-hydrogen) atoms. The average molecular weight is 254 g/mol. The van der Waals surface area contributed by atoms with Crippen molar-refractivity contribution in [3.8, 4) is 0 Å². The second kappa shape index (κ2) is 6.99. The Hall–Kier alpha value is -0.580. The summed E-state index contributed by atoms with van der Waals surface area (Å²) in [6.45, 7) is 6.19. The number of nitrogens with zero attached hydrogens (tertiary/aromatic N) is 2. The molecule has 0 atom stereocenters. The van der Waals surface area contributed by atoms with Gasteiger partial charge in [-0.3, -0.25) is 4.90 Å². The molecule has 2 rings (SSSR count). The smallest absolute Gasteiger partial charge is 0.0909 e. The highest BCUT2D eigenvalue weighted by molar-refractivity contribution is 7.14. The maximum absolute atomic E-state index is 8.72. The summed E-state index contributed by atoms with van der Waals surface area (Å²) in [7, 11) is 0. The Kier molecular flexibility index (Phi) is 5.29. The number of aliphatic hydroxyl groups excluding tert-OH is 1. The Labute approximate surface area is 108 Å². The molecule has 1 aromatic rings. The Bertz CT molecular complexity index is 294. The van der Waals surface area contributed by atoms with E-state index in [1.807, 2.05) is 11.3 Å². The van der Waals surface area contributed by atoms with Crippen molar-refractivity contribution >= 4 is 16.3 Å². The normalized spacial score (nSPS) is 17.6. The number of hydrogen-bond donors (Lipinski definition) is 1. The van der Waals surface area contributed by atoms with Gasteiger partial charge in [0.1, 0.15) is 0 Å². The van der Waals surface area contributed by atoms with Gasteiger partial charge in [-0.1, -0.05) is 0 Å². The minimum Gasteiger partial charge on any atom is -0.396 e. The molecule has 0 unspecified atom stereocenters. The van der Waals surface area contributed by atoms with Crippen molar-refractivity contribution in [3.05, 3.63) is 17.5 Å². The third kappa shape index (κ3) is 3.98. The zero-order chi connectivity index (χ0) is 11.9. The predicted molar refractivity (Wildman–Crippen MR) is 73.9 cm³/mol. The van der Waals surface area contributed by atoms with E-state index in [0.717, 1.165) is 25.9 Å². The van der Waals surface area contributed by atoms with Crippen molar-refractivity contribution in [1.29, 1.82) is 0 Å². The molecule has 1 aliphatic rings. The minimum atomic E-state index is 0.339. The van der Waals surface area contributed by atoms with Gasteiger partial charge in [-0.15, -0.1) is 11.3 Å². The molecule has 4 heteroatoms. The summed E-state index contributed by atoms with van der Waals surface area (Å²) in [5.74, 6) is 0. The van der Waals surface area contributed by atoms with Gasteiger partial charge < -0.3 is 10.0 Å². The van der Waals surface area contributed by atoms with Gasteiger partial charge in [-0.2, -0.15) is 0 Å². The van der Waals surface area contributed by atoms with Gasteiger partial charge in [-0.25, -0.2) is 0 Å². The number of unbranched alkanes of at least 4 members (excludes halogenated alkanes) is 2. The van der Waals surface area contributed by atoms with E-state index in [-0.39, 0.29) is 0 Å². The van der Waals surface area contributed by atoms with Crippen LogP contribution in [0, 0.1) is 0 Å². The quantitative estimate of drug-likeness (QED) is 0.787. The number of aliphatic hydroxyl groups is 1. The molecule has 1 saturated heterocycles. The molecule has 1 fully saturated rings. The fourth-order valence-electron chi connectivity index (χ4n) is 2.27. The monoisotopic (exact) mass is 254 g/mol. The topological polar surface area (TPSA) is 26.7 Å². The number of thiophene rings is 1. The van der Waals surface area contributed by atoms with E-state index in [4.69, 9.17) is 5.11 Å². The molecule has 0 spiro atoms. The average Bonchev–Trinajstić information content (AvgIpc) is 2.89. The number of rotatable bonds is 6. The van der Waals surface area contributed by atoms with Crippen LogP contribution in [-0.2, 0) is 0 Å². The molecule has 0 aliphatic carbocycles. The lowest BCUT2D eigenvalue weighted by atomic mass is 10.2. The first-order chi connectivity index (χ1) is 8.40. The van der Waals surface area contributed by atoms with Gasteiger partial charge in [0.15, 0.2) is 0 Å². The lowest BCUT2D eigenvalue weighted by Gasteiger charge is -2.35. The van der Waals surface area contributed by atoms with Crippen molar-refractivity contribution in [2.45, 2.75) is 19.3 Å². The van der Waals surface area contributed by atoms with Crippen LogP contribution in [0.3, 0.4) is 0 Å². The highest BCUT2D eigenvalue weighted by Crippen LogP contribution is 2.22. The first-order valence-corrected chi connectivity index (χ1v) is 7.40. The third-order valence-electron chi connectivity index (χ3n) is 3.32. The summed E-state index contributed by atoms with van der Waals surface area (Å²) in [5, 5.41) is 12.3. The zero-order valence-corrected chi connectivity index (χ0v) is 11.2. The highest BCUT2D eigenvalue weighted by atomic mass is 32.1. The van der Waals surface area contributed by atoms with Crippen LogP contribution in [0.25, 0.3) is 0 Å². The maximum atomic E-state index is 8.72. The molecular formula is C13H22N2OS. The Morgan fingerprint density at radius 2 is 1.94 bits per heavy atom. The van der Waals surface area contributed by atoms with Gasteiger partial charge in [0.05, 0.1) is 5.00 Å². The molecule has 1 aromatic heterocycles. The van der Waals surface area contributed by atoms with Crippen LogP contribution >= 0.6 is 11.3 Å². The van der Waals surface area contributed by atoms with Crippen molar-refractivity contribution < 1.29 is 5.11 Å². The fourth-order valence-corrected chi connectivity index (χ4v) is 3.05. The summed E-state index contributed by atoms with van der Waals surface area (Å²) in [4.78, 5) is 5.02. The number of anilines is 1. The summed E-state index contributed by atoms with van der Waals surface area (Å²) >= 11 is 1.83. The molecule has 0 radical (unpaired) electrons. The lowest BCUT2D eigenvalue weighted by Crippen LogP contribution is -2.46. The Morgan fingerprint density at radius 3 is 2.59 bits per heavy atom. The summed E-state index contributed by atoms with van der Waals surface area (Å²) in [6, 6.07) is 4.34. The molecule has 1 aliphatic heterocycles. The lowest BCUT2D eigenvalue weighted by molar-refractivity contribution is 0.242. The second-order valence-electron chi connectivity index (χ2n) is 4.56. The van der Waals surface area contributed by atoms with E-state index in [1.54, 1.807) is 0 Å². The fraction of sp³-hybridized carbons (Fsp3) is 0.692. The summed E-state index contributed by atoms with van der Waals surface area (Å²) < 4.78 is 0. The minimum absolute atomic E-state index is 0.339. The van der Waals surface area contributed by atoms with Gasteiger partial charge >= 0.3 is 0 Å². The van der Waals surface area contributed by atoms with E-state index < -0.39 is 0 Å². The third-order valence-corrected chi connectivity index (χ3v) is 4.25. The molecule has 96 valence electrons. The van der Waals surface area contributed by atoms with Crippen molar-refractivity contribution in [2.24, 2.45) is 0 Å². The first-order valence-electron chi connectivity index (χ1n) is 6.52. The van der Waals surface area contributed by atoms with E-state index in [9.17, 15) is 0 Å². The van der Waals surface area contributed by atoms with Crippen molar-refractivity contribution in [3.63, 3.8) is 0 Å². The number of piperazine rings is 1. The molecule has 0 aromatic carbocycles. The van der Waals surface area contributed by atoms with Crippen LogP contribution in [0.4, 0.5) is 5.00 Å². The molecule has 0 saturated carbocycles. The van der Waals surface area contributed by atoms with E-state index >= 15 is 0 Å². The van der Waals surface area contributed by atoms with Crippen LogP contribution in [0.15, 0.2) is 17.5 Å². The molecule has 0 amide bonds. The van der Waals surface area contributed by atoms with Crippen molar-refractivity contribution in [2.75, 3.05) is 44.2 Å². The molecule has 0 bridgehead atoms. The highest BCUT2D eigenvalue weighted by Gasteiger charge is 2.16. The molecule has 2 heterocycles. The summed E-state index contributed by atoms with van der Waals surface area (Å²) in [6.07, 6.45) is 3.33. The summed E-state index contributed by atoms with van der Waals surface area (Å²) in [5.41, 5.74) is 0. The Balaban J connectivity index is 1.64. The molecular weight excluding hydrogens is 232 g/mol. The van der Waals surface area contributed by atoms with Gasteiger partial charge in [-0.05, 0) is 43.3 Å². The van der Waals surface area contributed by atoms with Crippen LogP contribution in [0.1, 0.15) is 19.3 Å².